The number of nitrogens with zero attached hydrogens (tertiary/aromatic N) is 4. The molecule has 2 rings (SSSR count). The van der Waals surface area contributed by atoms with Gasteiger partial charge >= 0.3 is 0 Å². The summed E-state index contributed by atoms with van der Waals surface area (Å²) in [6.45, 7) is 8.65. The molecule has 1 aliphatic rings. The van der Waals surface area contributed by atoms with Gasteiger partial charge in [0.2, 0.25) is 15.0 Å². The summed E-state index contributed by atoms with van der Waals surface area (Å²) in [4.78, 5) is 8.76. The molecule has 144 valence electrons. The molecule has 0 amide bonds. The first kappa shape index (κ1) is 20.3. The monoisotopic (exact) mass is 374 g/mol. The van der Waals surface area contributed by atoms with Gasteiger partial charge in [-0.1, -0.05) is 6.92 Å². The van der Waals surface area contributed by atoms with E-state index in [2.05, 4.69) is 14.8 Å². The molecule has 0 bridgehead atoms. The molecule has 0 N–H and O–H groups in total. The fourth-order valence-electron chi connectivity index (χ4n) is 2.81. The minimum Gasteiger partial charge on any atom is -0.383 e. The molecule has 8 nitrogen and oxygen atoms in total. The molecule has 9 heteroatoms. The molecule has 0 unspecified atom stereocenters. The molecule has 0 atom stereocenters. The third-order valence-corrected chi connectivity index (χ3v) is 6.05. The number of rotatable bonds is 10. The zero-order valence-electron chi connectivity index (χ0n) is 15.5. The van der Waals surface area contributed by atoms with Crippen molar-refractivity contribution in [3.63, 3.8) is 0 Å². The standard InChI is InChI=1S/C16H30N4O4S/c1-4-25(21,22)16-17-13-15(20(16)9-10-23-3)14-18(2)5-6-19-7-11-24-12-8-19/h13H,4-12,14H2,1-3H3. The van der Waals surface area contributed by atoms with E-state index in [9.17, 15) is 8.42 Å². The van der Waals surface area contributed by atoms with E-state index in [1.807, 2.05) is 7.05 Å². The summed E-state index contributed by atoms with van der Waals surface area (Å²) >= 11 is 0. The third kappa shape index (κ3) is 5.75. The summed E-state index contributed by atoms with van der Waals surface area (Å²) < 4.78 is 36.8. The predicted molar refractivity (Wildman–Crippen MR) is 95.4 cm³/mol. The molecule has 2 heterocycles. The molecule has 0 aliphatic carbocycles. The number of likely N-dealkylation sites (N-methyl/N-ethyl adjacent to an activating group) is 1. The normalized spacial score (nSPS) is 16.6. The van der Waals surface area contributed by atoms with Crippen LogP contribution in [0.25, 0.3) is 0 Å². The first-order valence-electron chi connectivity index (χ1n) is 8.72. The van der Waals surface area contributed by atoms with Gasteiger partial charge in [-0.05, 0) is 7.05 Å². The average molecular weight is 375 g/mol. The number of aromatic nitrogens is 2. The Morgan fingerprint density at radius 2 is 2.04 bits per heavy atom. The zero-order chi connectivity index (χ0) is 18.3. The van der Waals surface area contributed by atoms with Crippen molar-refractivity contribution in [2.24, 2.45) is 0 Å². The highest BCUT2D eigenvalue weighted by atomic mass is 32.2. The fourth-order valence-corrected chi connectivity index (χ4v) is 3.83. The molecule has 1 aromatic heterocycles. The molecular weight excluding hydrogens is 344 g/mol. The Balaban J connectivity index is 2.01. The van der Waals surface area contributed by atoms with Gasteiger partial charge < -0.3 is 14.0 Å². The van der Waals surface area contributed by atoms with E-state index in [4.69, 9.17) is 9.47 Å². The topological polar surface area (TPSA) is 76.9 Å². The van der Waals surface area contributed by atoms with Gasteiger partial charge in [0.1, 0.15) is 0 Å². The number of hydrogen-bond donors (Lipinski definition) is 0. The molecule has 25 heavy (non-hydrogen) atoms. The Hall–Kier alpha value is -1.00. The summed E-state index contributed by atoms with van der Waals surface area (Å²) in [6.07, 6.45) is 1.67. The van der Waals surface area contributed by atoms with Crippen LogP contribution in [0.15, 0.2) is 11.4 Å². The van der Waals surface area contributed by atoms with Crippen molar-refractivity contribution in [3.05, 3.63) is 11.9 Å². The molecule has 0 spiro atoms. The van der Waals surface area contributed by atoms with Crippen molar-refractivity contribution >= 4 is 9.84 Å². The smallest absolute Gasteiger partial charge is 0.227 e. The van der Waals surface area contributed by atoms with Crippen molar-refractivity contribution in [1.29, 1.82) is 0 Å². The van der Waals surface area contributed by atoms with E-state index < -0.39 is 9.84 Å². The second-order valence-electron chi connectivity index (χ2n) is 6.27. The second kappa shape index (κ2) is 9.63. The van der Waals surface area contributed by atoms with Gasteiger partial charge in [0.25, 0.3) is 0 Å². The highest BCUT2D eigenvalue weighted by Crippen LogP contribution is 2.15. The lowest BCUT2D eigenvalue weighted by Gasteiger charge is -2.28. The minimum atomic E-state index is -3.35. The van der Waals surface area contributed by atoms with Crippen LogP contribution in [0.5, 0.6) is 0 Å². The fraction of sp³-hybridized carbons (Fsp3) is 0.812. The zero-order valence-corrected chi connectivity index (χ0v) is 16.3. The Labute approximate surface area is 150 Å². The lowest BCUT2D eigenvalue weighted by molar-refractivity contribution is 0.0341. The Morgan fingerprint density at radius 1 is 1.32 bits per heavy atom. The molecular formula is C16H30N4O4S. The number of morpholine rings is 1. The van der Waals surface area contributed by atoms with Gasteiger partial charge in [-0.25, -0.2) is 13.4 Å². The lowest BCUT2D eigenvalue weighted by Crippen LogP contribution is -2.40. The van der Waals surface area contributed by atoms with Crippen molar-refractivity contribution in [1.82, 2.24) is 19.4 Å². The van der Waals surface area contributed by atoms with Gasteiger partial charge in [0.05, 0.1) is 37.5 Å². The Morgan fingerprint density at radius 3 is 2.68 bits per heavy atom. The van der Waals surface area contributed by atoms with E-state index >= 15 is 0 Å². The SMILES string of the molecule is CCS(=O)(=O)c1ncc(CN(C)CCN2CCOCC2)n1CCOC. The quantitative estimate of drug-likeness (QED) is 0.574. The Kier molecular flexibility index (Phi) is 7.82. The van der Waals surface area contributed by atoms with Crippen molar-refractivity contribution in [2.45, 2.75) is 25.2 Å². The number of methoxy groups -OCH3 is 1. The van der Waals surface area contributed by atoms with E-state index in [1.54, 1.807) is 24.8 Å². The number of hydrogen-bond acceptors (Lipinski definition) is 7. The van der Waals surface area contributed by atoms with Crippen molar-refractivity contribution in [3.8, 4) is 0 Å². The maximum absolute atomic E-state index is 12.3. The van der Waals surface area contributed by atoms with Gasteiger partial charge in [0.15, 0.2) is 0 Å². The summed E-state index contributed by atoms with van der Waals surface area (Å²) in [6, 6.07) is 0. The molecule has 1 fully saturated rings. The lowest BCUT2D eigenvalue weighted by atomic mass is 10.3. The average Bonchev–Trinajstić information content (AvgIpc) is 3.02. The first-order chi connectivity index (χ1) is 12.0. The number of ether oxygens (including phenoxy) is 2. The summed E-state index contributed by atoms with van der Waals surface area (Å²) in [5, 5.41) is 0.142. The van der Waals surface area contributed by atoms with E-state index in [-0.39, 0.29) is 10.9 Å². The summed E-state index contributed by atoms with van der Waals surface area (Å²) in [5.74, 6) is 0.0449. The van der Waals surface area contributed by atoms with Crippen LogP contribution in [0.2, 0.25) is 0 Å². The molecule has 1 saturated heterocycles. The molecule has 1 aliphatic heterocycles. The van der Waals surface area contributed by atoms with Crippen LogP contribution >= 0.6 is 0 Å². The van der Waals surface area contributed by atoms with Crippen molar-refractivity contribution < 1.29 is 17.9 Å². The van der Waals surface area contributed by atoms with Gasteiger partial charge in [-0.15, -0.1) is 0 Å². The van der Waals surface area contributed by atoms with Crippen LogP contribution in [0.3, 0.4) is 0 Å². The van der Waals surface area contributed by atoms with Crippen LogP contribution in [-0.4, -0.2) is 93.7 Å². The maximum Gasteiger partial charge on any atom is 0.227 e. The minimum absolute atomic E-state index is 0.0449. The van der Waals surface area contributed by atoms with Gasteiger partial charge in [-0.3, -0.25) is 9.80 Å². The highest BCUT2D eigenvalue weighted by molar-refractivity contribution is 7.91. The van der Waals surface area contributed by atoms with Crippen molar-refractivity contribution in [2.75, 3.05) is 65.9 Å². The van der Waals surface area contributed by atoms with E-state index in [0.29, 0.717) is 19.7 Å². The van der Waals surface area contributed by atoms with E-state index in [0.717, 1.165) is 45.1 Å². The maximum atomic E-state index is 12.3. The predicted octanol–water partition coefficient (Wildman–Crippen LogP) is 0.0871. The van der Waals surface area contributed by atoms with Gasteiger partial charge in [-0.2, -0.15) is 0 Å². The summed E-state index contributed by atoms with van der Waals surface area (Å²) in [7, 11) is 0.306. The van der Waals surface area contributed by atoms with Crippen LogP contribution < -0.4 is 0 Å². The molecule has 0 saturated carbocycles. The molecule has 1 aromatic rings. The first-order valence-corrected chi connectivity index (χ1v) is 10.4. The van der Waals surface area contributed by atoms with Crippen LogP contribution in [0.4, 0.5) is 0 Å². The third-order valence-electron chi connectivity index (χ3n) is 4.41. The van der Waals surface area contributed by atoms with Crippen LogP contribution in [0.1, 0.15) is 12.6 Å². The van der Waals surface area contributed by atoms with E-state index in [1.165, 1.54) is 0 Å². The second-order valence-corrected chi connectivity index (χ2v) is 8.44. The number of sulfone groups is 1. The highest BCUT2D eigenvalue weighted by Gasteiger charge is 2.22. The largest absolute Gasteiger partial charge is 0.383 e. The molecule has 0 radical (unpaired) electrons. The van der Waals surface area contributed by atoms with Gasteiger partial charge in [0, 0.05) is 46.4 Å². The van der Waals surface area contributed by atoms with Crippen LogP contribution in [0, 0.1) is 0 Å². The van der Waals surface area contributed by atoms with Crippen LogP contribution in [-0.2, 0) is 32.4 Å². The summed E-state index contributed by atoms with van der Waals surface area (Å²) in [5.41, 5.74) is 0.897. The molecule has 0 aromatic carbocycles. The number of imidazole rings is 1. The Bertz CT molecular complexity index is 626.